The highest BCUT2D eigenvalue weighted by molar-refractivity contribution is 7.09. The van der Waals surface area contributed by atoms with Gasteiger partial charge in [0.25, 0.3) is 0 Å². The Labute approximate surface area is 185 Å². The molecule has 0 unspecified atom stereocenters. The number of carbonyl (C=O) groups excluding carboxylic acids is 1. The van der Waals surface area contributed by atoms with Crippen LogP contribution in [0.5, 0.6) is 17.2 Å². The van der Waals surface area contributed by atoms with E-state index in [0.717, 1.165) is 47.7 Å². The fourth-order valence-corrected chi connectivity index (χ4v) is 4.71. The smallest absolute Gasteiger partial charge is 0.231 e. The van der Waals surface area contributed by atoms with E-state index in [1.807, 2.05) is 37.3 Å². The lowest BCUT2D eigenvalue weighted by Gasteiger charge is -2.30. The molecule has 2 aromatic carbocycles. The van der Waals surface area contributed by atoms with Crippen molar-refractivity contribution in [2.24, 2.45) is 0 Å². The van der Waals surface area contributed by atoms with Gasteiger partial charge in [-0.05, 0) is 54.6 Å². The molecule has 0 aliphatic carbocycles. The predicted octanol–water partition coefficient (Wildman–Crippen LogP) is 5.08. The molecule has 0 saturated carbocycles. The summed E-state index contributed by atoms with van der Waals surface area (Å²) in [4.78, 5) is 16.7. The molecule has 3 heterocycles. The summed E-state index contributed by atoms with van der Waals surface area (Å²) in [5.74, 6) is 2.46. The second-order valence-corrected chi connectivity index (χ2v) is 8.77. The molecule has 0 atom stereocenters. The molecule has 0 fully saturated rings. The molecule has 5 nitrogen and oxygen atoms in total. The highest BCUT2D eigenvalue weighted by Gasteiger charge is 2.33. The van der Waals surface area contributed by atoms with Crippen LogP contribution in [0.1, 0.15) is 31.9 Å². The Morgan fingerprint density at radius 2 is 2.03 bits per heavy atom. The Balaban J connectivity index is 1.37. The second kappa shape index (κ2) is 8.21. The summed E-state index contributed by atoms with van der Waals surface area (Å²) in [5.41, 5.74) is 3.42. The average Bonchev–Trinajstić information content (AvgIpc) is 3.42. The summed E-state index contributed by atoms with van der Waals surface area (Å²) in [6.45, 7) is 4.19. The lowest BCUT2D eigenvalue weighted by atomic mass is 10.00. The lowest BCUT2D eigenvalue weighted by Crippen LogP contribution is -2.34. The monoisotopic (exact) mass is 433 g/mol. The van der Waals surface area contributed by atoms with Crippen LogP contribution < -0.4 is 14.2 Å². The van der Waals surface area contributed by atoms with E-state index in [0.29, 0.717) is 23.8 Å². The van der Waals surface area contributed by atoms with Crippen molar-refractivity contribution in [2.45, 2.75) is 19.9 Å². The van der Waals surface area contributed by atoms with Crippen molar-refractivity contribution < 1.29 is 19.0 Å². The topological polar surface area (TPSA) is 48.0 Å². The minimum atomic E-state index is -0.0903. The zero-order valence-electron chi connectivity index (χ0n) is 17.5. The van der Waals surface area contributed by atoms with Crippen LogP contribution >= 0.6 is 11.3 Å². The number of ketones is 1. The van der Waals surface area contributed by atoms with Gasteiger partial charge in [0.05, 0.1) is 12.7 Å². The summed E-state index contributed by atoms with van der Waals surface area (Å²) in [7, 11) is 1.63. The highest BCUT2D eigenvalue weighted by atomic mass is 32.1. The zero-order chi connectivity index (χ0) is 21.4. The SMILES string of the molecule is COc1ccc(/C=C2\Oc3c(cc4c(c3C)OCN(CCc3cccs3)C4)C2=O)cc1. The van der Waals surface area contributed by atoms with Crippen LogP contribution in [0.2, 0.25) is 0 Å². The summed E-state index contributed by atoms with van der Waals surface area (Å²) in [6.07, 6.45) is 2.77. The summed E-state index contributed by atoms with van der Waals surface area (Å²) >= 11 is 1.78. The van der Waals surface area contributed by atoms with Gasteiger partial charge in [-0.3, -0.25) is 9.69 Å². The summed E-state index contributed by atoms with van der Waals surface area (Å²) < 4.78 is 17.3. The fraction of sp³-hybridized carbons (Fsp3) is 0.240. The highest BCUT2D eigenvalue weighted by Crippen LogP contribution is 2.43. The Kier molecular flexibility index (Phi) is 5.26. The number of Topliss-reactive ketones (excluding diaryl/α,β-unsaturated/α-hetero) is 1. The molecule has 5 rings (SSSR count). The van der Waals surface area contributed by atoms with Crippen LogP contribution in [-0.2, 0) is 13.0 Å². The number of benzene rings is 2. The number of methoxy groups -OCH3 is 1. The van der Waals surface area contributed by atoms with E-state index in [4.69, 9.17) is 14.2 Å². The van der Waals surface area contributed by atoms with Gasteiger partial charge in [0.1, 0.15) is 24.0 Å². The largest absolute Gasteiger partial charge is 0.497 e. The van der Waals surface area contributed by atoms with Crippen molar-refractivity contribution in [2.75, 3.05) is 20.4 Å². The van der Waals surface area contributed by atoms with Crippen molar-refractivity contribution in [3.05, 3.63) is 80.7 Å². The zero-order valence-corrected chi connectivity index (χ0v) is 18.3. The Bertz CT molecular complexity index is 1150. The molecule has 0 radical (unpaired) electrons. The Hall–Kier alpha value is -3.09. The maximum Gasteiger partial charge on any atom is 0.231 e. The van der Waals surface area contributed by atoms with Gasteiger partial charge in [-0.15, -0.1) is 11.3 Å². The number of rotatable bonds is 5. The number of carbonyl (C=O) groups is 1. The molecule has 2 aliphatic rings. The first-order chi connectivity index (χ1) is 15.1. The number of thiophene rings is 1. The van der Waals surface area contributed by atoms with Gasteiger partial charge < -0.3 is 14.2 Å². The molecule has 158 valence electrons. The van der Waals surface area contributed by atoms with Crippen molar-refractivity contribution in [3.63, 3.8) is 0 Å². The average molecular weight is 434 g/mol. The lowest BCUT2D eigenvalue weighted by molar-refractivity contribution is 0.0956. The minimum Gasteiger partial charge on any atom is -0.497 e. The molecule has 0 spiro atoms. The number of fused-ring (bicyclic) bond motifs is 2. The third-order valence-corrected chi connectivity index (χ3v) is 6.61. The standard InChI is InChI=1S/C25H23NO4S/c1-16-24-18(14-26(15-29-24)10-9-20-4-3-11-31-20)13-21-23(27)22(30-25(16)21)12-17-5-7-19(28-2)8-6-17/h3-8,11-13H,9-10,14-15H2,1-2H3/b22-12-. The predicted molar refractivity (Wildman–Crippen MR) is 121 cm³/mol. The van der Waals surface area contributed by atoms with E-state index in [9.17, 15) is 4.79 Å². The number of allylic oxidation sites excluding steroid dienone is 1. The molecule has 0 N–H and O–H groups in total. The first-order valence-corrected chi connectivity index (χ1v) is 11.1. The van der Waals surface area contributed by atoms with Crippen molar-refractivity contribution in [1.29, 1.82) is 0 Å². The molecule has 0 amide bonds. The second-order valence-electron chi connectivity index (χ2n) is 7.73. The van der Waals surface area contributed by atoms with Gasteiger partial charge >= 0.3 is 0 Å². The van der Waals surface area contributed by atoms with E-state index >= 15 is 0 Å². The molecule has 3 aromatic rings. The van der Waals surface area contributed by atoms with Gasteiger partial charge in [0.2, 0.25) is 5.78 Å². The first kappa shape index (κ1) is 19.8. The summed E-state index contributed by atoms with van der Waals surface area (Å²) in [6, 6.07) is 13.7. The van der Waals surface area contributed by atoms with E-state index in [-0.39, 0.29) is 5.78 Å². The van der Waals surface area contributed by atoms with Crippen LogP contribution in [0.3, 0.4) is 0 Å². The van der Waals surface area contributed by atoms with Crippen LogP contribution in [0, 0.1) is 6.92 Å². The van der Waals surface area contributed by atoms with Crippen molar-refractivity contribution in [3.8, 4) is 17.2 Å². The summed E-state index contributed by atoms with van der Waals surface area (Å²) in [5, 5.41) is 2.10. The third kappa shape index (κ3) is 3.84. The van der Waals surface area contributed by atoms with Crippen LogP contribution in [-0.4, -0.2) is 31.1 Å². The minimum absolute atomic E-state index is 0.0903. The van der Waals surface area contributed by atoms with E-state index in [1.165, 1.54) is 4.88 Å². The molecule has 2 aliphatic heterocycles. The number of hydrogen-bond acceptors (Lipinski definition) is 6. The Morgan fingerprint density at radius 1 is 1.19 bits per heavy atom. The van der Waals surface area contributed by atoms with Crippen LogP contribution in [0.25, 0.3) is 6.08 Å². The van der Waals surface area contributed by atoms with Crippen molar-refractivity contribution in [1.82, 2.24) is 4.90 Å². The Morgan fingerprint density at radius 3 is 2.77 bits per heavy atom. The van der Waals surface area contributed by atoms with E-state index < -0.39 is 0 Å². The number of ether oxygens (including phenoxy) is 3. The normalized spacial score (nSPS) is 16.6. The van der Waals surface area contributed by atoms with Crippen LogP contribution in [0.4, 0.5) is 0 Å². The molecule has 1 aromatic heterocycles. The maximum absolute atomic E-state index is 13.1. The van der Waals surface area contributed by atoms with E-state index in [2.05, 4.69) is 22.4 Å². The molecular weight excluding hydrogens is 410 g/mol. The maximum atomic E-state index is 13.1. The quantitative estimate of drug-likeness (QED) is 0.526. The third-order valence-electron chi connectivity index (χ3n) is 5.67. The van der Waals surface area contributed by atoms with Crippen molar-refractivity contribution >= 4 is 23.2 Å². The number of nitrogens with zero attached hydrogens (tertiary/aromatic N) is 1. The van der Waals surface area contributed by atoms with Gasteiger partial charge in [-0.25, -0.2) is 0 Å². The molecule has 31 heavy (non-hydrogen) atoms. The van der Waals surface area contributed by atoms with Gasteiger partial charge in [-0.2, -0.15) is 0 Å². The van der Waals surface area contributed by atoms with E-state index in [1.54, 1.807) is 24.5 Å². The number of hydrogen-bond donors (Lipinski definition) is 0. The van der Waals surface area contributed by atoms with Gasteiger partial charge in [0, 0.05) is 29.1 Å². The first-order valence-electron chi connectivity index (χ1n) is 10.2. The van der Waals surface area contributed by atoms with Gasteiger partial charge in [-0.1, -0.05) is 18.2 Å². The fourth-order valence-electron chi connectivity index (χ4n) is 4.01. The van der Waals surface area contributed by atoms with Gasteiger partial charge in [0.15, 0.2) is 5.76 Å². The molecule has 6 heteroatoms. The molecule has 0 saturated heterocycles. The van der Waals surface area contributed by atoms with Crippen LogP contribution in [0.15, 0.2) is 53.6 Å². The molecular formula is C25H23NO4S. The molecule has 0 bridgehead atoms.